The van der Waals surface area contributed by atoms with Gasteiger partial charge in [-0.25, -0.2) is 0 Å². The molecule has 0 aromatic rings. The van der Waals surface area contributed by atoms with E-state index in [9.17, 15) is 0 Å². The van der Waals surface area contributed by atoms with E-state index in [2.05, 4.69) is 35.9 Å². The lowest BCUT2D eigenvalue weighted by atomic mass is 10.2. The van der Waals surface area contributed by atoms with Crippen LogP contribution in [0, 0.1) is 0 Å². The Morgan fingerprint density at radius 1 is 1.56 bits per heavy atom. The molecular weight excluding hydrogens is 176 g/mol. The van der Waals surface area contributed by atoms with Crippen LogP contribution in [0.25, 0.3) is 0 Å². The highest BCUT2D eigenvalue weighted by Gasteiger charge is 1.88. The normalized spacial score (nSPS) is 14.2. The van der Waals surface area contributed by atoms with Gasteiger partial charge in [-0.15, -0.1) is 0 Å². The SMILES string of the molecule is CC=CC(Br)=C(C)CC. The second-order valence-corrected chi connectivity index (χ2v) is 2.84. The minimum Gasteiger partial charge on any atom is -0.0865 e. The van der Waals surface area contributed by atoms with E-state index < -0.39 is 0 Å². The van der Waals surface area contributed by atoms with E-state index in [0.717, 1.165) is 6.42 Å². The molecule has 1 heteroatoms. The fraction of sp³-hybridized carbons (Fsp3) is 0.500. The zero-order valence-corrected chi connectivity index (χ0v) is 7.83. The molecule has 0 N–H and O–H groups in total. The first-order chi connectivity index (χ1) is 4.22. The van der Waals surface area contributed by atoms with Crippen LogP contribution in [0.4, 0.5) is 0 Å². The molecule has 0 rings (SSSR count). The van der Waals surface area contributed by atoms with Gasteiger partial charge in [-0.3, -0.25) is 0 Å². The predicted octanol–water partition coefficient (Wildman–Crippen LogP) is 3.64. The lowest BCUT2D eigenvalue weighted by Gasteiger charge is -1.95. The van der Waals surface area contributed by atoms with E-state index in [-0.39, 0.29) is 0 Å². The molecule has 0 spiro atoms. The van der Waals surface area contributed by atoms with Crippen LogP contribution in [0.15, 0.2) is 22.2 Å². The molecule has 0 heterocycles. The maximum Gasteiger partial charge on any atom is 0.0161 e. The second kappa shape index (κ2) is 4.80. The minimum absolute atomic E-state index is 1.12. The topological polar surface area (TPSA) is 0 Å². The molecule has 0 amide bonds. The van der Waals surface area contributed by atoms with Crippen molar-refractivity contribution in [1.29, 1.82) is 0 Å². The summed E-state index contributed by atoms with van der Waals surface area (Å²) in [4.78, 5) is 0. The fourth-order valence-electron chi connectivity index (χ4n) is 0.457. The third kappa shape index (κ3) is 3.52. The summed E-state index contributed by atoms with van der Waals surface area (Å²) in [6.07, 6.45) is 5.22. The van der Waals surface area contributed by atoms with Crippen LogP contribution in [0.2, 0.25) is 0 Å². The fourth-order valence-corrected chi connectivity index (χ4v) is 1.00. The molecule has 52 valence electrons. The molecule has 0 radical (unpaired) electrons. The Morgan fingerprint density at radius 2 is 2.11 bits per heavy atom. The Hall–Kier alpha value is -0.0400. The molecule has 0 aliphatic rings. The van der Waals surface area contributed by atoms with Crippen molar-refractivity contribution in [3.63, 3.8) is 0 Å². The number of hydrogen-bond acceptors (Lipinski definition) is 0. The lowest BCUT2D eigenvalue weighted by molar-refractivity contribution is 1.10. The third-order valence-corrected chi connectivity index (χ3v) is 2.19. The van der Waals surface area contributed by atoms with E-state index in [1.165, 1.54) is 10.1 Å². The van der Waals surface area contributed by atoms with Gasteiger partial charge in [0.05, 0.1) is 0 Å². The van der Waals surface area contributed by atoms with Gasteiger partial charge in [-0.05, 0) is 20.3 Å². The average molecular weight is 189 g/mol. The molecule has 0 atom stereocenters. The largest absolute Gasteiger partial charge is 0.0865 e. The molecule has 0 saturated heterocycles. The van der Waals surface area contributed by atoms with Crippen molar-refractivity contribution in [3.05, 3.63) is 22.2 Å². The van der Waals surface area contributed by atoms with Gasteiger partial charge >= 0.3 is 0 Å². The second-order valence-electron chi connectivity index (χ2n) is 1.98. The lowest BCUT2D eigenvalue weighted by Crippen LogP contribution is -1.73. The molecule has 0 nitrogen and oxygen atoms in total. The first kappa shape index (κ1) is 8.96. The summed E-state index contributed by atoms with van der Waals surface area (Å²) in [5.74, 6) is 0. The van der Waals surface area contributed by atoms with Crippen molar-refractivity contribution in [3.8, 4) is 0 Å². The number of halogens is 1. The molecule has 0 fully saturated rings. The van der Waals surface area contributed by atoms with Crippen molar-refractivity contribution in [2.24, 2.45) is 0 Å². The van der Waals surface area contributed by atoms with Crippen molar-refractivity contribution in [2.75, 3.05) is 0 Å². The van der Waals surface area contributed by atoms with E-state index >= 15 is 0 Å². The monoisotopic (exact) mass is 188 g/mol. The number of allylic oxidation sites excluding steroid dienone is 4. The molecule has 0 bridgehead atoms. The molecule has 0 unspecified atom stereocenters. The Labute approximate surface area is 65.8 Å². The smallest absolute Gasteiger partial charge is 0.0161 e. The van der Waals surface area contributed by atoms with E-state index in [4.69, 9.17) is 0 Å². The third-order valence-electron chi connectivity index (χ3n) is 1.25. The summed E-state index contributed by atoms with van der Waals surface area (Å²) >= 11 is 3.46. The first-order valence-electron chi connectivity index (χ1n) is 3.20. The molecule has 0 aliphatic heterocycles. The summed E-state index contributed by atoms with van der Waals surface area (Å²) in [6, 6.07) is 0. The maximum absolute atomic E-state index is 3.46. The zero-order chi connectivity index (χ0) is 7.28. The van der Waals surface area contributed by atoms with Gasteiger partial charge in [0.15, 0.2) is 0 Å². The summed E-state index contributed by atoms with van der Waals surface area (Å²) < 4.78 is 1.22. The Morgan fingerprint density at radius 3 is 2.44 bits per heavy atom. The summed E-state index contributed by atoms with van der Waals surface area (Å²) in [5.41, 5.74) is 1.40. The van der Waals surface area contributed by atoms with Crippen molar-refractivity contribution >= 4 is 15.9 Å². The molecular formula is C8H13Br. The van der Waals surface area contributed by atoms with Crippen LogP contribution in [0.5, 0.6) is 0 Å². The van der Waals surface area contributed by atoms with Gasteiger partial charge in [0.1, 0.15) is 0 Å². The van der Waals surface area contributed by atoms with Crippen LogP contribution in [0.1, 0.15) is 27.2 Å². The van der Waals surface area contributed by atoms with E-state index in [0.29, 0.717) is 0 Å². The molecule has 0 aliphatic carbocycles. The average Bonchev–Trinajstić information content (AvgIpc) is 1.87. The standard InChI is InChI=1S/C8H13Br/c1-4-6-8(9)7(3)5-2/h4,6H,5H2,1-3H3. The highest BCUT2D eigenvalue weighted by Crippen LogP contribution is 2.15. The van der Waals surface area contributed by atoms with Crippen molar-refractivity contribution in [2.45, 2.75) is 27.2 Å². The predicted molar refractivity (Wildman–Crippen MR) is 46.7 cm³/mol. The minimum atomic E-state index is 1.12. The van der Waals surface area contributed by atoms with Crippen LogP contribution in [0.3, 0.4) is 0 Å². The molecule has 0 saturated carbocycles. The summed E-state index contributed by atoms with van der Waals surface area (Å²) in [5, 5.41) is 0. The summed E-state index contributed by atoms with van der Waals surface area (Å²) in [7, 11) is 0. The van der Waals surface area contributed by atoms with Gasteiger partial charge < -0.3 is 0 Å². The Bertz CT molecular complexity index is 132. The van der Waals surface area contributed by atoms with Crippen LogP contribution in [-0.4, -0.2) is 0 Å². The summed E-state index contributed by atoms with van der Waals surface area (Å²) in [6.45, 7) is 6.30. The number of rotatable bonds is 2. The number of hydrogen-bond donors (Lipinski definition) is 0. The van der Waals surface area contributed by atoms with Crippen LogP contribution in [-0.2, 0) is 0 Å². The van der Waals surface area contributed by atoms with Gasteiger partial charge in [0.25, 0.3) is 0 Å². The van der Waals surface area contributed by atoms with Crippen LogP contribution < -0.4 is 0 Å². The van der Waals surface area contributed by atoms with E-state index in [1.54, 1.807) is 0 Å². The van der Waals surface area contributed by atoms with Gasteiger partial charge in [0.2, 0.25) is 0 Å². The van der Waals surface area contributed by atoms with Gasteiger partial charge in [-0.1, -0.05) is 40.6 Å². The molecule has 0 aromatic carbocycles. The molecule has 0 aromatic heterocycles. The molecule has 9 heavy (non-hydrogen) atoms. The Kier molecular flexibility index (Phi) is 4.78. The zero-order valence-electron chi connectivity index (χ0n) is 6.24. The highest BCUT2D eigenvalue weighted by atomic mass is 79.9. The van der Waals surface area contributed by atoms with Crippen molar-refractivity contribution < 1.29 is 0 Å². The van der Waals surface area contributed by atoms with Crippen LogP contribution >= 0.6 is 15.9 Å². The quantitative estimate of drug-likeness (QED) is 0.581. The maximum atomic E-state index is 3.46. The van der Waals surface area contributed by atoms with E-state index in [1.807, 2.05) is 13.0 Å². The highest BCUT2D eigenvalue weighted by molar-refractivity contribution is 9.11. The van der Waals surface area contributed by atoms with Gasteiger partial charge in [0, 0.05) is 4.48 Å². The Balaban J connectivity index is 4.10. The van der Waals surface area contributed by atoms with Crippen molar-refractivity contribution in [1.82, 2.24) is 0 Å². The first-order valence-corrected chi connectivity index (χ1v) is 3.99. The van der Waals surface area contributed by atoms with Gasteiger partial charge in [-0.2, -0.15) is 0 Å².